The molecule has 0 bridgehead atoms. The minimum Gasteiger partial charge on any atom is -0.458 e. The molecular weight excluding hydrogens is 1000 g/mol. The Morgan fingerprint density at radius 3 is 2.31 bits per heavy atom. The number of unbranched alkanes of at least 4 members (excludes halogenated alkanes) is 1. The van der Waals surface area contributed by atoms with E-state index in [4.69, 9.17) is 14.5 Å². The predicted octanol–water partition coefficient (Wildman–Crippen LogP) is 0.671. The van der Waals surface area contributed by atoms with Gasteiger partial charge in [-0.25, -0.2) is 14.2 Å². The summed E-state index contributed by atoms with van der Waals surface area (Å²) in [6, 6.07) is 10.0. The summed E-state index contributed by atoms with van der Waals surface area (Å²) in [7, 11) is 0. The third-order valence-corrected chi connectivity index (χ3v) is 15.0. The first-order chi connectivity index (χ1) is 36.9. The number of hydrogen-bond donors (Lipinski definition) is 7. The number of esters is 1. The minimum atomic E-state index is -2.04. The largest absolute Gasteiger partial charge is 0.458 e. The van der Waals surface area contributed by atoms with Crippen molar-refractivity contribution in [2.75, 3.05) is 32.9 Å². The van der Waals surface area contributed by atoms with Crippen LogP contribution in [0.1, 0.15) is 96.9 Å². The zero-order valence-corrected chi connectivity index (χ0v) is 42.4. The van der Waals surface area contributed by atoms with Crippen molar-refractivity contribution in [3.8, 4) is 11.4 Å². The van der Waals surface area contributed by atoms with E-state index in [-0.39, 0.29) is 62.7 Å². The summed E-state index contributed by atoms with van der Waals surface area (Å²) >= 11 is 0. The van der Waals surface area contributed by atoms with E-state index >= 15 is 4.39 Å². The number of nitrogens with zero attached hydrogens (tertiary/aromatic N) is 3. The summed E-state index contributed by atoms with van der Waals surface area (Å²) in [5.74, 6) is -6.13. The monoisotopic (exact) mass is 1060 g/mol. The second kappa shape index (κ2) is 22.6. The van der Waals surface area contributed by atoms with Crippen LogP contribution in [0.25, 0.3) is 22.3 Å². The number of benzene rings is 2. The number of aliphatic hydroxyl groups is 1. The molecule has 1 saturated carbocycles. The Bertz CT molecular complexity index is 3200. The van der Waals surface area contributed by atoms with Crippen LogP contribution >= 0.6 is 0 Å². The summed E-state index contributed by atoms with van der Waals surface area (Å²) in [4.78, 5) is 134. The van der Waals surface area contributed by atoms with Gasteiger partial charge in [-0.2, -0.15) is 0 Å². The fourth-order valence-corrected chi connectivity index (χ4v) is 10.5. The average Bonchev–Trinajstić information content (AvgIpc) is 4.18. The summed E-state index contributed by atoms with van der Waals surface area (Å²) in [6.45, 7) is 1.54. The number of imide groups is 1. The van der Waals surface area contributed by atoms with Gasteiger partial charge in [-0.05, 0) is 80.2 Å². The molecular formula is C54H58FN9O13. The smallest absolute Gasteiger partial charge is 0.343 e. The van der Waals surface area contributed by atoms with Crippen LogP contribution in [0.5, 0.6) is 0 Å². The number of nitrogens with one attached hydrogen (secondary N) is 6. The van der Waals surface area contributed by atoms with Gasteiger partial charge in [0, 0.05) is 54.1 Å². The maximum Gasteiger partial charge on any atom is 0.343 e. The van der Waals surface area contributed by atoms with E-state index in [0.717, 1.165) is 10.5 Å². The molecule has 77 heavy (non-hydrogen) atoms. The third kappa shape index (κ3) is 11.1. The summed E-state index contributed by atoms with van der Waals surface area (Å²) in [6.07, 6.45) is 4.48. The highest BCUT2D eigenvalue weighted by atomic mass is 19.1. The second-order valence-electron chi connectivity index (χ2n) is 19.7. The van der Waals surface area contributed by atoms with Gasteiger partial charge in [0.15, 0.2) is 5.60 Å². The number of hydrogen-bond acceptors (Lipinski definition) is 14. The van der Waals surface area contributed by atoms with Gasteiger partial charge in [-0.1, -0.05) is 37.3 Å². The number of aryl methyl sites for hydroxylation is 1. The average molecular weight is 1060 g/mol. The molecule has 4 aromatic rings. The lowest BCUT2D eigenvalue weighted by Crippen LogP contribution is -2.52. The number of carbonyl (C=O) groups is 9. The first kappa shape index (κ1) is 53.6. The van der Waals surface area contributed by atoms with Gasteiger partial charge in [0.25, 0.3) is 17.4 Å². The first-order valence-electron chi connectivity index (χ1n) is 25.6. The zero-order chi connectivity index (χ0) is 54.7. The Morgan fingerprint density at radius 1 is 0.870 bits per heavy atom. The molecule has 2 unspecified atom stereocenters. The van der Waals surface area contributed by atoms with Crippen molar-refractivity contribution in [1.82, 2.24) is 46.4 Å². The third-order valence-electron chi connectivity index (χ3n) is 15.0. The summed E-state index contributed by atoms with van der Waals surface area (Å²) < 4.78 is 28.1. The molecule has 5 atom stereocenters. The van der Waals surface area contributed by atoms with E-state index in [2.05, 4.69) is 31.9 Å². The molecule has 2 aromatic heterocycles. The fraction of sp³-hybridized carbons (Fsp3) is 0.426. The fourth-order valence-electron chi connectivity index (χ4n) is 10.5. The number of aromatic nitrogens is 2. The van der Waals surface area contributed by atoms with Crippen LogP contribution in [0.3, 0.4) is 0 Å². The van der Waals surface area contributed by atoms with E-state index in [1.54, 1.807) is 50.2 Å². The van der Waals surface area contributed by atoms with Crippen molar-refractivity contribution >= 4 is 64.1 Å². The van der Waals surface area contributed by atoms with Crippen molar-refractivity contribution in [3.63, 3.8) is 0 Å². The van der Waals surface area contributed by atoms with Crippen LogP contribution in [-0.2, 0) is 84.2 Å². The molecule has 0 spiro atoms. The number of carbonyl (C=O) groups excluding carboxylic acids is 9. The molecule has 0 saturated heterocycles. The molecule has 23 heteroatoms. The van der Waals surface area contributed by atoms with Gasteiger partial charge < -0.3 is 51.0 Å². The van der Waals surface area contributed by atoms with Crippen LogP contribution in [-0.4, -0.2) is 118 Å². The maximum absolute atomic E-state index is 15.5. The molecule has 5 aliphatic rings. The minimum absolute atomic E-state index is 0.0395. The number of pyridine rings is 2. The van der Waals surface area contributed by atoms with E-state index in [9.17, 15) is 53.1 Å². The Morgan fingerprint density at radius 2 is 1.58 bits per heavy atom. The van der Waals surface area contributed by atoms with E-state index < -0.39 is 108 Å². The van der Waals surface area contributed by atoms with Crippen LogP contribution in [0.2, 0.25) is 0 Å². The molecule has 9 rings (SSSR count). The highest BCUT2D eigenvalue weighted by Crippen LogP contribution is 2.46. The van der Waals surface area contributed by atoms with Crippen molar-refractivity contribution in [1.29, 1.82) is 0 Å². The number of halogens is 1. The second-order valence-corrected chi connectivity index (χ2v) is 19.7. The van der Waals surface area contributed by atoms with Crippen molar-refractivity contribution in [3.05, 3.63) is 110 Å². The SMILES string of the molecule is CC[C@@]1(O)C(=O)OCc2c1cc1n(c2=O)Cc2c-1nc1cc(F)c(C)c3c1c2[C@@H](NC(=O)C1CCC1OCNC(=O)CNC(=O)[C@H](Cc1ccccc1)NC(=O)CNC(=O)CNC(=O)CCCCN1C(=O)C=CC1=O)CC3. The lowest BCUT2D eigenvalue weighted by atomic mass is 9.79. The van der Waals surface area contributed by atoms with Gasteiger partial charge in [0.1, 0.15) is 25.2 Å². The van der Waals surface area contributed by atoms with Crippen LogP contribution in [0.4, 0.5) is 4.39 Å². The van der Waals surface area contributed by atoms with Crippen LogP contribution < -0.4 is 37.5 Å². The Hall–Kier alpha value is -8.18. The molecule has 2 aromatic carbocycles. The van der Waals surface area contributed by atoms with E-state index in [1.165, 1.54) is 22.8 Å². The van der Waals surface area contributed by atoms with Gasteiger partial charge >= 0.3 is 5.97 Å². The number of amides is 8. The maximum atomic E-state index is 15.5. The Balaban J connectivity index is 0.760. The van der Waals surface area contributed by atoms with Gasteiger partial charge in [0.2, 0.25) is 35.4 Å². The first-order valence-corrected chi connectivity index (χ1v) is 25.6. The zero-order valence-electron chi connectivity index (χ0n) is 42.4. The molecule has 3 aliphatic heterocycles. The molecule has 0 radical (unpaired) electrons. The van der Waals surface area contributed by atoms with Crippen molar-refractivity contribution in [2.24, 2.45) is 5.92 Å². The van der Waals surface area contributed by atoms with Gasteiger partial charge in [-0.3, -0.25) is 48.1 Å². The van der Waals surface area contributed by atoms with Crippen molar-refractivity contribution < 1.29 is 62.1 Å². The number of rotatable bonds is 21. The summed E-state index contributed by atoms with van der Waals surface area (Å²) in [5, 5.41) is 27.8. The molecule has 5 heterocycles. The molecule has 7 N–H and O–H groups in total. The Kier molecular flexibility index (Phi) is 15.7. The molecule has 8 amide bonds. The lowest BCUT2D eigenvalue weighted by molar-refractivity contribution is -0.172. The van der Waals surface area contributed by atoms with Gasteiger partial charge in [0.05, 0.1) is 66.7 Å². The number of cyclic esters (lactones) is 1. The summed E-state index contributed by atoms with van der Waals surface area (Å²) in [5.41, 5.74) is 2.17. The van der Waals surface area contributed by atoms with E-state index in [1.807, 2.05) is 0 Å². The topological polar surface area (TPSA) is 303 Å². The number of fused-ring (bicyclic) bond motifs is 5. The molecule has 404 valence electrons. The lowest BCUT2D eigenvalue weighted by Gasteiger charge is -2.37. The van der Waals surface area contributed by atoms with Crippen LogP contribution in [0.15, 0.2) is 59.4 Å². The molecule has 1 fully saturated rings. The van der Waals surface area contributed by atoms with Crippen LogP contribution in [0, 0.1) is 18.7 Å². The van der Waals surface area contributed by atoms with Crippen molar-refractivity contribution in [2.45, 2.75) is 109 Å². The highest BCUT2D eigenvalue weighted by Gasteiger charge is 2.46. The normalized spacial score (nSPS) is 20.0. The van der Waals surface area contributed by atoms with Gasteiger partial charge in [-0.15, -0.1) is 0 Å². The number of ether oxygens (including phenoxy) is 2. The standard InChI is InChI=1S/C54H58FN9O13/c1-3-54(75)34-20-39-49-32(25-64(39)52(73)33(34)26-76-53(54)74)48-36(14-12-30-28(2)35(55)21-37(61-49)47(30)48)62-50(71)31-13-15-40(31)77-27-59-43(67)23-58-51(72)38(19-29-9-5-4-6-10-29)60-44(68)24-57-42(66)22-56-41(65)11-7-8-18-63-45(69)16-17-46(63)70/h4-6,9-10,16-17,20-21,31,36,38,40,75H,3,7-8,11-15,18-19,22-27H2,1-2H3,(H,56,65)(H,57,66)(H,58,72)(H,59,67)(H,60,68)(H,62,71)/t31?,36-,38-,40?,54-/m0/s1. The quantitative estimate of drug-likeness (QED) is 0.0230. The molecule has 22 nitrogen and oxygen atoms in total. The highest BCUT2D eigenvalue weighted by molar-refractivity contribution is 6.12. The predicted molar refractivity (Wildman–Crippen MR) is 270 cm³/mol. The molecule has 2 aliphatic carbocycles. The Labute approximate surface area is 439 Å². The van der Waals surface area contributed by atoms with E-state index in [0.29, 0.717) is 83.1 Å².